The van der Waals surface area contributed by atoms with Gasteiger partial charge >= 0.3 is 0 Å². The second kappa shape index (κ2) is 5.79. The third kappa shape index (κ3) is 3.01. The molecule has 0 spiro atoms. The molecule has 1 N–H and O–H groups in total. The van der Waals surface area contributed by atoms with E-state index in [0.717, 1.165) is 0 Å². The highest BCUT2D eigenvalue weighted by Crippen LogP contribution is 2.26. The fourth-order valence-electron chi connectivity index (χ4n) is 1.61. The molecule has 3 nitrogen and oxygen atoms in total. The van der Waals surface area contributed by atoms with Gasteiger partial charge in [0, 0.05) is 15.7 Å². The molecule has 19 heavy (non-hydrogen) atoms. The first-order valence-corrected chi connectivity index (χ1v) is 6.82. The fourth-order valence-corrected chi connectivity index (χ4v) is 2.46. The maximum atomic E-state index is 12.3. The number of nitrogens with one attached hydrogen (secondary N) is 1. The first-order chi connectivity index (χ1) is 9.02. The Morgan fingerprint density at radius 3 is 2.68 bits per heavy atom. The molecule has 2 aromatic rings. The molecule has 1 aromatic heterocycles. The molecule has 0 amide bonds. The van der Waals surface area contributed by atoms with E-state index in [1.54, 1.807) is 18.2 Å². The number of carbonyl (C=O) groups is 1. The van der Waals surface area contributed by atoms with Crippen LogP contribution < -0.4 is 0 Å². The van der Waals surface area contributed by atoms with Crippen LogP contribution in [0.15, 0.2) is 28.7 Å². The number of benzene rings is 1. The van der Waals surface area contributed by atoms with Gasteiger partial charge in [-0.2, -0.15) is 5.26 Å². The van der Waals surface area contributed by atoms with Gasteiger partial charge in [0.15, 0.2) is 0 Å². The number of nitriles is 1. The van der Waals surface area contributed by atoms with Crippen molar-refractivity contribution in [3.8, 4) is 6.07 Å². The SMILES string of the molecule is N#CCc1cc(Br)c(C(=O)c2ccc(Cl)c(Cl)c2)[nH]1. The zero-order chi connectivity index (χ0) is 14.0. The van der Waals surface area contributed by atoms with E-state index in [4.69, 9.17) is 28.5 Å². The molecular weight excluding hydrogens is 351 g/mol. The number of ketones is 1. The van der Waals surface area contributed by atoms with Crippen LogP contribution >= 0.6 is 39.1 Å². The van der Waals surface area contributed by atoms with Crippen LogP contribution in [0.25, 0.3) is 0 Å². The highest BCUT2D eigenvalue weighted by Gasteiger charge is 2.16. The quantitative estimate of drug-likeness (QED) is 0.828. The molecule has 0 aliphatic heterocycles. The van der Waals surface area contributed by atoms with E-state index in [-0.39, 0.29) is 12.2 Å². The lowest BCUT2D eigenvalue weighted by molar-refractivity contribution is 0.103. The van der Waals surface area contributed by atoms with Gasteiger partial charge in [-0.05, 0) is 40.2 Å². The van der Waals surface area contributed by atoms with Gasteiger partial charge in [-0.3, -0.25) is 4.79 Å². The van der Waals surface area contributed by atoms with E-state index in [0.29, 0.717) is 31.5 Å². The van der Waals surface area contributed by atoms with Gasteiger partial charge in [-0.25, -0.2) is 0 Å². The van der Waals surface area contributed by atoms with Crippen LogP contribution in [-0.4, -0.2) is 10.8 Å². The Balaban J connectivity index is 2.38. The molecule has 0 bridgehead atoms. The average Bonchev–Trinajstić information content (AvgIpc) is 2.73. The van der Waals surface area contributed by atoms with E-state index < -0.39 is 0 Å². The highest BCUT2D eigenvalue weighted by molar-refractivity contribution is 9.10. The summed E-state index contributed by atoms with van der Waals surface area (Å²) in [6, 6.07) is 8.43. The molecule has 0 fully saturated rings. The Bertz CT molecular complexity index is 688. The van der Waals surface area contributed by atoms with Crippen LogP contribution in [0.3, 0.4) is 0 Å². The molecule has 0 saturated heterocycles. The zero-order valence-corrected chi connectivity index (χ0v) is 12.6. The van der Waals surface area contributed by atoms with Crippen LogP contribution in [0.2, 0.25) is 10.0 Å². The molecule has 0 saturated carbocycles. The lowest BCUT2D eigenvalue weighted by Crippen LogP contribution is -2.03. The van der Waals surface area contributed by atoms with E-state index >= 15 is 0 Å². The smallest absolute Gasteiger partial charge is 0.210 e. The normalized spacial score (nSPS) is 10.2. The van der Waals surface area contributed by atoms with Crippen LogP contribution in [0.5, 0.6) is 0 Å². The Morgan fingerprint density at radius 2 is 2.05 bits per heavy atom. The van der Waals surface area contributed by atoms with Crippen LogP contribution in [0, 0.1) is 11.3 Å². The van der Waals surface area contributed by atoms with Crippen molar-refractivity contribution < 1.29 is 4.79 Å². The number of rotatable bonds is 3. The van der Waals surface area contributed by atoms with Crippen LogP contribution in [0.4, 0.5) is 0 Å². The predicted octanol–water partition coefficient (Wildman–Crippen LogP) is 4.38. The molecule has 1 aromatic carbocycles. The molecule has 2 rings (SSSR count). The van der Waals surface area contributed by atoms with E-state index in [1.807, 2.05) is 6.07 Å². The maximum absolute atomic E-state index is 12.3. The molecule has 0 unspecified atom stereocenters. The number of hydrogen-bond donors (Lipinski definition) is 1. The molecule has 0 atom stereocenters. The lowest BCUT2D eigenvalue weighted by atomic mass is 10.1. The molecule has 0 radical (unpaired) electrons. The Hall–Kier alpha value is -1.28. The number of H-pyrrole nitrogens is 1. The standard InChI is InChI=1S/C13H7BrCl2N2O/c14-9-6-8(3-4-17)18-12(9)13(19)7-1-2-10(15)11(16)5-7/h1-2,5-6,18H,3H2. The van der Waals surface area contributed by atoms with E-state index in [2.05, 4.69) is 20.9 Å². The average molecular weight is 358 g/mol. The Kier molecular flexibility index (Phi) is 4.31. The van der Waals surface area contributed by atoms with Crippen molar-refractivity contribution in [1.29, 1.82) is 5.26 Å². The summed E-state index contributed by atoms with van der Waals surface area (Å²) in [5.41, 5.74) is 1.50. The summed E-state index contributed by atoms with van der Waals surface area (Å²) in [6.45, 7) is 0. The highest BCUT2D eigenvalue weighted by atomic mass is 79.9. The third-order valence-electron chi connectivity index (χ3n) is 2.50. The van der Waals surface area contributed by atoms with Gasteiger partial charge in [-0.1, -0.05) is 23.2 Å². The largest absolute Gasteiger partial charge is 0.354 e. The zero-order valence-electron chi connectivity index (χ0n) is 9.51. The maximum Gasteiger partial charge on any atom is 0.210 e. The summed E-state index contributed by atoms with van der Waals surface area (Å²) in [4.78, 5) is 15.2. The molecule has 0 aliphatic carbocycles. The van der Waals surface area contributed by atoms with Gasteiger partial charge in [0.2, 0.25) is 5.78 Å². The van der Waals surface area contributed by atoms with Crippen molar-refractivity contribution in [3.63, 3.8) is 0 Å². The molecule has 6 heteroatoms. The molecule has 1 heterocycles. The summed E-state index contributed by atoms with van der Waals surface area (Å²) < 4.78 is 0.619. The van der Waals surface area contributed by atoms with Crippen molar-refractivity contribution in [2.24, 2.45) is 0 Å². The monoisotopic (exact) mass is 356 g/mol. The Labute approximate surface area is 128 Å². The van der Waals surface area contributed by atoms with Crippen molar-refractivity contribution >= 4 is 44.9 Å². The number of nitrogens with zero attached hydrogens (tertiary/aromatic N) is 1. The molecular formula is C13H7BrCl2N2O. The predicted molar refractivity (Wildman–Crippen MR) is 77.7 cm³/mol. The van der Waals surface area contributed by atoms with Crippen LogP contribution in [0.1, 0.15) is 21.7 Å². The minimum atomic E-state index is -0.213. The third-order valence-corrected chi connectivity index (χ3v) is 3.87. The topological polar surface area (TPSA) is 56.6 Å². The second-order valence-electron chi connectivity index (χ2n) is 3.81. The van der Waals surface area contributed by atoms with Gasteiger partial charge in [0.25, 0.3) is 0 Å². The van der Waals surface area contributed by atoms with Crippen molar-refractivity contribution in [2.45, 2.75) is 6.42 Å². The lowest BCUT2D eigenvalue weighted by Gasteiger charge is -2.02. The van der Waals surface area contributed by atoms with E-state index in [1.165, 1.54) is 6.07 Å². The minimum Gasteiger partial charge on any atom is -0.354 e. The number of aromatic amines is 1. The number of hydrogen-bond acceptors (Lipinski definition) is 2. The van der Waals surface area contributed by atoms with Gasteiger partial charge < -0.3 is 4.98 Å². The van der Waals surface area contributed by atoms with Crippen molar-refractivity contribution in [2.75, 3.05) is 0 Å². The second-order valence-corrected chi connectivity index (χ2v) is 5.48. The summed E-state index contributed by atoms with van der Waals surface area (Å²) in [5, 5.41) is 9.36. The first-order valence-electron chi connectivity index (χ1n) is 5.27. The van der Waals surface area contributed by atoms with Gasteiger partial charge in [-0.15, -0.1) is 0 Å². The summed E-state index contributed by atoms with van der Waals surface area (Å²) >= 11 is 15.0. The summed E-state index contributed by atoms with van der Waals surface area (Å²) in [6.07, 6.45) is 0.216. The van der Waals surface area contributed by atoms with Gasteiger partial charge in [0.05, 0.1) is 22.5 Å². The van der Waals surface area contributed by atoms with Crippen LogP contribution in [-0.2, 0) is 6.42 Å². The Morgan fingerprint density at radius 1 is 1.32 bits per heavy atom. The summed E-state index contributed by atoms with van der Waals surface area (Å²) in [7, 11) is 0. The first kappa shape index (κ1) is 14.1. The van der Waals surface area contributed by atoms with Crippen molar-refractivity contribution in [1.82, 2.24) is 4.98 Å². The fraction of sp³-hybridized carbons (Fsp3) is 0.0769. The number of halogens is 3. The van der Waals surface area contributed by atoms with Gasteiger partial charge in [0.1, 0.15) is 5.69 Å². The minimum absolute atomic E-state index is 0.213. The number of aromatic nitrogens is 1. The van der Waals surface area contributed by atoms with Crippen molar-refractivity contribution in [3.05, 3.63) is 55.7 Å². The molecule has 0 aliphatic rings. The summed E-state index contributed by atoms with van der Waals surface area (Å²) in [5.74, 6) is -0.213. The molecule has 96 valence electrons. The number of carbonyl (C=O) groups excluding carboxylic acids is 1. The van der Waals surface area contributed by atoms with E-state index in [9.17, 15) is 4.79 Å².